The fourth-order valence-electron chi connectivity index (χ4n) is 3.16. The third kappa shape index (κ3) is 3.05. The predicted molar refractivity (Wildman–Crippen MR) is 58.5 cm³/mol. The summed E-state index contributed by atoms with van der Waals surface area (Å²) in [7, 11) is 0. The average Bonchev–Trinajstić information content (AvgIpc) is 2.50. The minimum absolute atomic E-state index is 0.0957. The van der Waals surface area contributed by atoms with E-state index in [4.69, 9.17) is 11.6 Å². The van der Waals surface area contributed by atoms with Gasteiger partial charge < -0.3 is 0 Å². The van der Waals surface area contributed by atoms with Gasteiger partial charge in [-0.1, -0.05) is 12.8 Å². The Morgan fingerprint density at radius 1 is 1.13 bits per heavy atom. The summed E-state index contributed by atoms with van der Waals surface area (Å²) in [5, 5.41) is 0.251. The van der Waals surface area contributed by atoms with Gasteiger partial charge in [0, 0.05) is 18.2 Å². The van der Waals surface area contributed by atoms with Crippen molar-refractivity contribution in [3.63, 3.8) is 0 Å². The normalized spacial score (nSPS) is 40.6. The number of rotatable bonds is 2. The van der Waals surface area contributed by atoms with Crippen LogP contribution < -0.4 is 0 Å². The molecule has 2 saturated carbocycles. The van der Waals surface area contributed by atoms with Gasteiger partial charge in [-0.3, -0.25) is 0 Å². The van der Waals surface area contributed by atoms with Crippen molar-refractivity contribution in [3.05, 3.63) is 0 Å². The SMILES string of the molecule is FC1(F)CCCC(CC2CCCC2Cl)C1. The van der Waals surface area contributed by atoms with Crippen LogP contribution in [0.5, 0.6) is 0 Å². The first-order valence-corrected chi connectivity index (χ1v) is 6.52. The highest BCUT2D eigenvalue weighted by Crippen LogP contribution is 2.42. The highest BCUT2D eigenvalue weighted by Gasteiger charge is 2.38. The maximum atomic E-state index is 13.2. The van der Waals surface area contributed by atoms with Gasteiger partial charge in [0.05, 0.1) is 0 Å². The van der Waals surface area contributed by atoms with Crippen molar-refractivity contribution in [2.75, 3.05) is 0 Å². The van der Waals surface area contributed by atoms with Gasteiger partial charge in [0.15, 0.2) is 0 Å². The van der Waals surface area contributed by atoms with E-state index in [2.05, 4.69) is 0 Å². The van der Waals surface area contributed by atoms with Crippen molar-refractivity contribution in [2.45, 2.75) is 62.7 Å². The molecule has 3 unspecified atom stereocenters. The molecule has 0 heterocycles. The molecule has 15 heavy (non-hydrogen) atoms. The van der Waals surface area contributed by atoms with Crippen molar-refractivity contribution in [1.29, 1.82) is 0 Å². The Balaban J connectivity index is 1.83. The van der Waals surface area contributed by atoms with Gasteiger partial charge in [0.25, 0.3) is 0 Å². The molecular weight excluding hydrogens is 218 g/mol. The van der Waals surface area contributed by atoms with E-state index in [1.165, 1.54) is 6.42 Å². The summed E-state index contributed by atoms with van der Waals surface area (Å²) in [4.78, 5) is 0. The van der Waals surface area contributed by atoms with E-state index in [1.54, 1.807) is 0 Å². The largest absolute Gasteiger partial charge is 0.248 e. The van der Waals surface area contributed by atoms with Crippen molar-refractivity contribution >= 4 is 11.6 Å². The van der Waals surface area contributed by atoms with Crippen LogP contribution in [0.2, 0.25) is 0 Å². The molecule has 0 nitrogen and oxygen atoms in total. The Morgan fingerprint density at radius 2 is 1.93 bits per heavy atom. The lowest BCUT2D eigenvalue weighted by molar-refractivity contribution is -0.0555. The van der Waals surface area contributed by atoms with Crippen molar-refractivity contribution in [1.82, 2.24) is 0 Å². The third-order valence-electron chi connectivity index (χ3n) is 3.94. The second-order valence-electron chi connectivity index (χ2n) is 5.26. The summed E-state index contributed by atoms with van der Waals surface area (Å²) in [6, 6.07) is 0. The van der Waals surface area contributed by atoms with Crippen LogP contribution in [0.1, 0.15) is 51.4 Å². The van der Waals surface area contributed by atoms with Gasteiger partial charge in [-0.05, 0) is 37.5 Å². The van der Waals surface area contributed by atoms with E-state index in [0.717, 1.165) is 25.7 Å². The fraction of sp³-hybridized carbons (Fsp3) is 1.00. The average molecular weight is 237 g/mol. The zero-order valence-electron chi connectivity index (χ0n) is 9.02. The molecule has 0 aromatic carbocycles. The van der Waals surface area contributed by atoms with Crippen LogP contribution >= 0.6 is 11.6 Å². The Bertz CT molecular complexity index is 218. The van der Waals surface area contributed by atoms with Crippen LogP contribution in [0.15, 0.2) is 0 Å². The smallest absolute Gasteiger partial charge is 0.207 e. The lowest BCUT2D eigenvalue weighted by Crippen LogP contribution is -2.28. The Morgan fingerprint density at radius 3 is 2.53 bits per heavy atom. The van der Waals surface area contributed by atoms with Gasteiger partial charge in [-0.15, -0.1) is 11.6 Å². The fourth-order valence-corrected chi connectivity index (χ4v) is 3.55. The molecule has 0 amide bonds. The van der Waals surface area contributed by atoms with Crippen molar-refractivity contribution in [2.24, 2.45) is 11.8 Å². The maximum Gasteiger partial charge on any atom is 0.248 e. The minimum Gasteiger partial charge on any atom is -0.207 e. The minimum atomic E-state index is -2.40. The van der Waals surface area contributed by atoms with Crippen LogP contribution in [-0.4, -0.2) is 11.3 Å². The molecule has 0 aromatic rings. The molecule has 0 radical (unpaired) electrons. The second kappa shape index (κ2) is 4.57. The van der Waals surface area contributed by atoms with E-state index >= 15 is 0 Å². The van der Waals surface area contributed by atoms with Crippen LogP contribution in [-0.2, 0) is 0 Å². The van der Waals surface area contributed by atoms with Gasteiger partial charge in [0.1, 0.15) is 0 Å². The first-order chi connectivity index (χ1) is 7.07. The van der Waals surface area contributed by atoms with E-state index in [1.807, 2.05) is 0 Å². The van der Waals surface area contributed by atoms with E-state index in [0.29, 0.717) is 12.3 Å². The summed E-state index contributed by atoms with van der Waals surface area (Å²) in [6.45, 7) is 0. The number of alkyl halides is 3. The number of hydrogen-bond donors (Lipinski definition) is 0. The third-order valence-corrected chi connectivity index (χ3v) is 4.52. The topological polar surface area (TPSA) is 0 Å². The van der Waals surface area contributed by atoms with Crippen molar-refractivity contribution < 1.29 is 8.78 Å². The lowest BCUT2D eigenvalue weighted by atomic mass is 9.80. The van der Waals surface area contributed by atoms with E-state index < -0.39 is 5.92 Å². The zero-order chi connectivity index (χ0) is 10.9. The quantitative estimate of drug-likeness (QED) is 0.615. The first-order valence-electron chi connectivity index (χ1n) is 6.09. The summed E-state index contributed by atoms with van der Waals surface area (Å²) < 4.78 is 26.4. The van der Waals surface area contributed by atoms with Gasteiger partial charge >= 0.3 is 0 Å². The molecule has 0 aliphatic heterocycles. The summed E-state index contributed by atoms with van der Waals surface area (Å²) >= 11 is 6.18. The van der Waals surface area contributed by atoms with E-state index in [-0.39, 0.29) is 24.1 Å². The van der Waals surface area contributed by atoms with Crippen LogP contribution in [0.25, 0.3) is 0 Å². The molecular formula is C12H19ClF2. The Labute approximate surface area is 95.4 Å². The molecule has 2 fully saturated rings. The highest BCUT2D eigenvalue weighted by atomic mass is 35.5. The Kier molecular flexibility index (Phi) is 3.54. The van der Waals surface area contributed by atoms with Gasteiger partial charge in [-0.25, -0.2) is 8.78 Å². The van der Waals surface area contributed by atoms with Gasteiger partial charge in [-0.2, -0.15) is 0 Å². The number of hydrogen-bond acceptors (Lipinski definition) is 0. The summed E-state index contributed by atoms with van der Waals surface area (Å²) in [5.74, 6) is -1.67. The van der Waals surface area contributed by atoms with Crippen LogP contribution in [0.4, 0.5) is 8.78 Å². The highest BCUT2D eigenvalue weighted by molar-refractivity contribution is 6.20. The van der Waals surface area contributed by atoms with Gasteiger partial charge in [0.2, 0.25) is 5.92 Å². The standard InChI is InChI=1S/C12H19ClF2/c13-11-5-1-4-10(11)7-9-3-2-6-12(14,15)8-9/h9-11H,1-8H2. The van der Waals surface area contributed by atoms with E-state index in [9.17, 15) is 8.78 Å². The predicted octanol–water partition coefficient (Wildman–Crippen LogP) is 4.61. The molecule has 2 aliphatic rings. The molecule has 0 bridgehead atoms. The molecule has 88 valence electrons. The molecule has 2 aliphatic carbocycles. The lowest BCUT2D eigenvalue weighted by Gasteiger charge is -2.31. The van der Waals surface area contributed by atoms with Crippen LogP contribution in [0.3, 0.4) is 0 Å². The molecule has 0 saturated heterocycles. The summed E-state index contributed by atoms with van der Waals surface area (Å²) in [5.41, 5.74) is 0. The molecule has 3 atom stereocenters. The summed E-state index contributed by atoms with van der Waals surface area (Å²) in [6.07, 6.45) is 6.22. The van der Waals surface area contributed by atoms with Crippen LogP contribution in [0, 0.1) is 11.8 Å². The van der Waals surface area contributed by atoms with Crippen molar-refractivity contribution in [3.8, 4) is 0 Å². The molecule has 3 heteroatoms. The molecule has 2 rings (SSSR count). The molecule has 0 N–H and O–H groups in total. The zero-order valence-corrected chi connectivity index (χ0v) is 9.78. The Hall–Kier alpha value is 0.150. The first kappa shape index (κ1) is 11.6. The monoisotopic (exact) mass is 236 g/mol. The second-order valence-corrected chi connectivity index (χ2v) is 5.82. The number of halogens is 3. The molecule has 0 aromatic heterocycles. The maximum absolute atomic E-state index is 13.2. The molecule has 0 spiro atoms.